The fourth-order valence-electron chi connectivity index (χ4n) is 2.61. The molecule has 2 nitrogen and oxygen atoms in total. The Labute approximate surface area is 134 Å². The van der Waals surface area contributed by atoms with Gasteiger partial charge in [-0.15, -0.1) is 0 Å². The summed E-state index contributed by atoms with van der Waals surface area (Å²) >= 11 is 3.42. The lowest BCUT2D eigenvalue weighted by Gasteiger charge is -2.26. The number of benzene rings is 1. The first kappa shape index (κ1) is 17.8. The van der Waals surface area contributed by atoms with Gasteiger partial charge >= 0.3 is 0 Å². The van der Waals surface area contributed by atoms with E-state index in [2.05, 4.69) is 22.0 Å². The summed E-state index contributed by atoms with van der Waals surface area (Å²) in [6.45, 7) is 3.97. The number of hydrogen-bond donors (Lipinski definition) is 0. The third-order valence-corrected chi connectivity index (χ3v) is 4.39. The summed E-state index contributed by atoms with van der Waals surface area (Å²) in [4.78, 5) is 12.3. The second kappa shape index (κ2) is 8.29. The zero-order chi connectivity index (χ0) is 15.9. The zero-order valence-electron chi connectivity index (χ0n) is 12.5. The van der Waals surface area contributed by atoms with Gasteiger partial charge in [-0.1, -0.05) is 54.8 Å². The van der Waals surface area contributed by atoms with E-state index in [9.17, 15) is 14.4 Å². The fourth-order valence-corrected chi connectivity index (χ4v) is 3.42. The van der Waals surface area contributed by atoms with Gasteiger partial charge in [-0.3, -0.25) is 4.79 Å². The van der Waals surface area contributed by atoms with Crippen LogP contribution in [0.2, 0.25) is 0 Å². The molecular formula is C17H21BrFNO. The summed E-state index contributed by atoms with van der Waals surface area (Å²) in [5.74, 6) is -0.349. The maximum absolute atomic E-state index is 12.9. The van der Waals surface area contributed by atoms with Crippen molar-refractivity contribution in [2.24, 2.45) is 5.41 Å². The van der Waals surface area contributed by atoms with E-state index >= 15 is 0 Å². The van der Waals surface area contributed by atoms with Gasteiger partial charge in [0.05, 0.1) is 10.9 Å². The minimum absolute atomic E-state index is 0.0574. The van der Waals surface area contributed by atoms with Crippen LogP contribution in [-0.4, -0.2) is 10.6 Å². The predicted octanol–water partition coefficient (Wildman–Crippen LogP) is 4.81. The molecule has 0 spiro atoms. The number of hydrogen-bond acceptors (Lipinski definition) is 2. The highest BCUT2D eigenvalue weighted by Gasteiger charge is 2.39. The van der Waals surface area contributed by atoms with E-state index < -0.39 is 10.2 Å². The molecule has 0 aliphatic carbocycles. The van der Waals surface area contributed by atoms with E-state index in [1.54, 1.807) is 12.1 Å². The van der Waals surface area contributed by atoms with Crippen LogP contribution in [0.1, 0.15) is 45.1 Å². The normalized spacial score (nSPS) is 12.7. The lowest BCUT2D eigenvalue weighted by molar-refractivity contribution is -0.126. The number of rotatable bonds is 8. The van der Waals surface area contributed by atoms with Gasteiger partial charge in [0.15, 0.2) is 5.78 Å². The van der Waals surface area contributed by atoms with Crippen LogP contribution in [0.3, 0.4) is 0 Å². The number of nitrogens with zero attached hydrogens (tertiary/aromatic N) is 1. The number of ketones is 1. The Bertz CT molecular complexity index is 501. The van der Waals surface area contributed by atoms with E-state index in [0.717, 1.165) is 18.4 Å². The fraction of sp³-hybridized carbons (Fsp3) is 0.529. The molecular weight excluding hydrogens is 333 g/mol. The summed E-state index contributed by atoms with van der Waals surface area (Å²) in [7, 11) is 0. The molecule has 0 fully saturated rings. The Balaban J connectivity index is 2.87. The number of nitriles is 1. The van der Waals surface area contributed by atoms with Crippen molar-refractivity contribution in [3.05, 3.63) is 35.6 Å². The number of carbonyl (C=O) groups is 1. The molecule has 0 saturated heterocycles. The highest BCUT2D eigenvalue weighted by molar-refractivity contribution is 9.10. The molecule has 0 aliphatic rings. The van der Waals surface area contributed by atoms with Crippen LogP contribution in [0.15, 0.2) is 24.3 Å². The van der Waals surface area contributed by atoms with Gasteiger partial charge in [0.25, 0.3) is 0 Å². The van der Waals surface area contributed by atoms with Crippen LogP contribution < -0.4 is 0 Å². The lowest BCUT2D eigenvalue weighted by Crippen LogP contribution is -2.36. The molecule has 0 bridgehead atoms. The minimum Gasteiger partial charge on any atom is -0.297 e. The molecule has 1 atom stereocenters. The van der Waals surface area contributed by atoms with Crippen molar-refractivity contribution in [3.63, 3.8) is 0 Å². The maximum Gasteiger partial charge on any atom is 0.166 e. The third-order valence-electron chi connectivity index (χ3n) is 3.65. The molecule has 114 valence electrons. The smallest absolute Gasteiger partial charge is 0.166 e. The molecule has 21 heavy (non-hydrogen) atoms. The average molecular weight is 354 g/mol. The van der Waals surface area contributed by atoms with E-state index in [-0.39, 0.29) is 11.6 Å². The van der Waals surface area contributed by atoms with Crippen molar-refractivity contribution in [2.45, 2.75) is 50.8 Å². The Kier molecular flexibility index (Phi) is 7.04. The number of alkyl halides is 1. The van der Waals surface area contributed by atoms with Gasteiger partial charge in [-0.2, -0.15) is 5.26 Å². The van der Waals surface area contributed by atoms with Crippen LogP contribution in [0.4, 0.5) is 4.39 Å². The summed E-state index contributed by atoms with van der Waals surface area (Å²) in [6, 6.07) is 8.36. The lowest BCUT2D eigenvalue weighted by atomic mass is 9.75. The SMILES string of the molecule is CCCC(C#N)(CCC)C(=O)C(Br)Cc1ccc(F)cc1. The highest BCUT2D eigenvalue weighted by atomic mass is 79.9. The summed E-state index contributed by atoms with van der Waals surface area (Å²) in [5, 5.41) is 9.52. The van der Waals surface area contributed by atoms with Crippen LogP contribution in [0, 0.1) is 22.6 Å². The minimum atomic E-state index is -0.905. The van der Waals surface area contributed by atoms with Gasteiger partial charge < -0.3 is 0 Å². The Morgan fingerprint density at radius 2 is 1.81 bits per heavy atom. The first-order valence-corrected chi connectivity index (χ1v) is 8.24. The first-order chi connectivity index (χ1) is 9.99. The molecule has 1 unspecified atom stereocenters. The molecule has 0 heterocycles. The molecule has 0 radical (unpaired) electrons. The second-order valence-electron chi connectivity index (χ2n) is 5.36. The van der Waals surface area contributed by atoms with Crippen molar-refractivity contribution in [2.75, 3.05) is 0 Å². The van der Waals surface area contributed by atoms with Crippen LogP contribution in [0.5, 0.6) is 0 Å². The standard InChI is InChI=1S/C17H21BrFNO/c1-3-9-17(12-20,10-4-2)16(21)15(18)11-13-5-7-14(19)8-6-13/h5-8,15H,3-4,9-11H2,1-2H3. The predicted molar refractivity (Wildman–Crippen MR) is 85.7 cm³/mol. The van der Waals surface area contributed by atoms with E-state index in [1.165, 1.54) is 12.1 Å². The van der Waals surface area contributed by atoms with Crippen LogP contribution >= 0.6 is 15.9 Å². The van der Waals surface area contributed by atoms with Crippen molar-refractivity contribution < 1.29 is 9.18 Å². The number of Topliss-reactive ketones (excluding diaryl/α,β-unsaturated/α-hetero) is 1. The molecule has 1 aromatic carbocycles. The van der Waals surface area contributed by atoms with Gasteiger partial charge in [0.2, 0.25) is 0 Å². The van der Waals surface area contributed by atoms with Crippen molar-refractivity contribution in [1.29, 1.82) is 5.26 Å². The Morgan fingerprint density at radius 1 is 1.29 bits per heavy atom. The van der Waals surface area contributed by atoms with Crippen LogP contribution in [-0.2, 0) is 11.2 Å². The second-order valence-corrected chi connectivity index (χ2v) is 6.46. The van der Waals surface area contributed by atoms with Crippen molar-refractivity contribution in [3.8, 4) is 6.07 Å². The van der Waals surface area contributed by atoms with Gasteiger partial charge in [-0.05, 0) is 37.0 Å². The van der Waals surface area contributed by atoms with E-state index in [0.29, 0.717) is 19.3 Å². The Hall–Kier alpha value is -1.21. The summed E-state index contributed by atoms with van der Waals surface area (Å²) in [5.41, 5.74) is -0.0241. The topological polar surface area (TPSA) is 40.9 Å². The Morgan fingerprint density at radius 3 is 2.24 bits per heavy atom. The highest BCUT2D eigenvalue weighted by Crippen LogP contribution is 2.34. The van der Waals surface area contributed by atoms with Gasteiger partial charge in [0, 0.05) is 0 Å². The molecule has 0 saturated carbocycles. The monoisotopic (exact) mass is 353 g/mol. The molecule has 0 aromatic heterocycles. The van der Waals surface area contributed by atoms with Gasteiger partial charge in [-0.25, -0.2) is 4.39 Å². The largest absolute Gasteiger partial charge is 0.297 e. The third kappa shape index (κ3) is 4.64. The van der Waals surface area contributed by atoms with E-state index in [4.69, 9.17) is 0 Å². The number of carbonyl (C=O) groups excluding carboxylic acids is 1. The van der Waals surface area contributed by atoms with E-state index in [1.807, 2.05) is 13.8 Å². The first-order valence-electron chi connectivity index (χ1n) is 7.33. The van der Waals surface area contributed by atoms with Crippen LogP contribution in [0.25, 0.3) is 0 Å². The molecule has 1 aromatic rings. The van der Waals surface area contributed by atoms with Crippen molar-refractivity contribution in [1.82, 2.24) is 0 Å². The molecule has 0 N–H and O–H groups in total. The molecule has 0 amide bonds. The maximum atomic E-state index is 12.9. The quantitative estimate of drug-likeness (QED) is 0.629. The molecule has 4 heteroatoms. The van der Waals surface area contributed by atoms with Gasteiger partial charge in [0.1, 0.15) is 11.2 Å². The summed E-state index contributed by atoms with van der Waals surface area (Å²) in [6.07, 6.45) is 3.24. The van der Waals surface area contributed by atoms with Crippen molar-refractivity contribution >= 4 is 21.7 Å². The molecule has 1 rings (SSSR count). The zero-order valence-corrected chi connectivity index (χ0v) is 14.1. The number of halogens is 2. The summed E-state index contributed by atoms with van der Waals surface area (Å²) < 4.78 is 12.9. The average Bonchev–Trinajstić information content (AvgIpc) is 2.48. The molecule has 0 aliphatic heterocycles.